The maximum absolute atomic E-state index is 14.5. The topological polar surface area (TPSA) is 12.0 Å². The Morgan fingerprint density at radius 1 is 1.33 bits per heavy atom. The normalized spacial score (nSPS) is 20.7. The maximum Gasteiger partial charge on any atom is 0.288 e. The van der Waals surface area contributed by atoms with E-state index in [9.17, 15) is 8.78 Å². The van der Waals surface area contributed by atoms with Gasteiger partial charge in [-0.2, -0.15) is 8.78 Å². The lowest BCUT2D eigenvalue weighted by Crippen LogP contribution is -2.39. The summed E-state index contributed by atoms with van der Waals surface area (Å²) < 4.78 is 29.0. The largest absolute Gasteiger partial charge is 0.308 e. The first kappa shape index (κ1) is 13.5. The minimum absolute atomic E-state index is 0.188. The van der Waals surface area contributed by atoms with Gasteiger partial charge in [-0.15, -0.1) is 0 Å². The lowest BCUT2D eigenvalue weighted by atomic mass is 9.91. The van der Waals surface area contributed by atoms with Crippen molar-refractivity contribution in [1.29, 1.82) is 0 Å². The fourth-order valence-electron chi connectivity index (χ4n) is 2.54. The van der Waals surface area contributed by atoms with Crippen molar-refractivity contribution in [3.8, 4) is 0 Å². The van der Waals surface area contributed by atoms with Crippen LogP contribution in [0, 0.1) is 6.92 Å². The van der Waals surface area contributed by atoms with Gasteiger partial charge >= 0.3 is 0 Å². The molecular weight excluding hydrogens is 232 g/mol. The Labute approximate surface area is 108 Å². The molecule has 0 saturated carbocycles. The van der Waals surface area contributed by atoms with Gasteiger partial charge in [0.05, 0.1) is 6.04 Å². The summed E-state index contributed by atoms with van der Waals surface area (Å²) in [5.41, 5.74) is 1.85. The number of halogens is 2. The first-order chi connectivity index (χ1) is 8.43. The summed E-state index contributed by atoms with van der Waals surface area (Å²) in [6, 6.07) is 4.73. The van der Waals surface area contributed by atoms with E-state index in [1.165, 1.54) is 0 Å². The molecule has 18 heavy (non-hydrogen) atoms. The van der Waals surface area contributed by atoms with E-state index < -0.39 is 12.0 Å². The lowest BCUT2D eigenvalue weighted by Gasteiger charge is -2.26. The lowest BCUT2D eigenvalue weighted by molar-refractivity contribution is -0.0382. The Hall–Kier alpha value is -0.960. The highest BCUT2D eigenvalue weighted by Gasteiger charge is 2.43. The first-order valence-electron chi connectivity index (χ1n) is 6.65. The summed E-state index contributed by atoms with van der Waals surface area (Å²) in [4.78, 5) is 0. The molecular formula is C15H21F2N. The number of hydrogen-bond acceptors (Lipinski definition) is 1. The van der Waals surface area contributed by atoms with Crippen LogP contribution in [-0.2, 0) is 5.92 Å². The van der Waals surface area contributed by atoms with Crippen LogP contribution < -0.4 is 5.32 Å². The Morgan fingerprint density at radius 3 is 2.61 bits per heavy atom. The van der Waals surface area contributed by atoms with Crippen LogP contribution in [0.15, 0.2) is 18.2 Å². The second-order valence-corrected chi connectivity index (χ2v) is 5.50. The number of benzene rings is 1. The van der Waals surface area contributed by atoms with E-state index in [0.29, 0.717) is 18.5 Å². The van der Waals surface area contributed by atoms with Gasteiger partial charge in [0.2, 0.25) is 0 Å². The van der Waals surface area contributed by atoms with Crippen LogP contribution in [-0.4, -0.2) is 12.6 Å². The molecule has 0 aliphatic carbocycles. The predicted octanol–water partition coefficient (Wildman–Crippen LogP) is 3.96. The highest BCUT2D eigenvalue weighted by Crippen LogP contribution is 2.38. The van der Waals surface area contributed by atoms with Crippen LogP contribution in [0.1, 0.15) is 49.3 Å². The van der Waals surface area contributed by atoms with Gasteiger partial charge in [0.25, 0.3) is 5.92 Å². The highest BCUT2D eigenvalue weighted by molar-refractivity contribution is 5.36. The second-order valence-electron chi connectivity index (χ2n) is 5.50. The van der Waals surface area contributed by atoms with E-state index in [4.69, 9.17) is 0 Å². The zero-order valence-corrected chi connectivity index (χ0v) is 11.3. The van der Waals surface area contributed by atoms with Crippen molar-refractivity contribution in [3.05, 3.63) is 34.9 Å². The van der Waals surface area contributed by atoms with Gasteiger partial charge in [-0.05, 0) is 49.4 Å². The molecule has 1 N–H and O–H groups in total. The average molecular weight is 253 g/mol. The Bertz CT molecular complexity index is 421. The average Bonchev–Trinajstić information content (AvgIpc) is 2.82. The summed E-state index contributed by atoms with van der Waals surface area (Å²) in [7, 11) is 0. The molecule has 0 bridgehead atoms. The highest BCUT2D eigenvalue weighted by atomic mass is 19.3. The molecule has 0 amide bonds. The molecule has 100 valence electrons. The van der Waals surface area contributed by atoms with Crippen molar-refractivity contribution in [3.63, 3.8) is 0 Å². The molecule has 1 aliphatic rings. The quantitative estimate of drug-likeness (QED) is 0.859. The van der Waals surface area contributed by atoms with Gasteiger partial charge in [-0.3, -0.25) is 0 Å². The fourth-order valence-corrected chi connectivity index (χ4v) is 2.54. The minimum Gasteiger partial charge on any atom is -0.308 e. The number of nitrogens with one attached hydrogen (secondary N) is 1. The Kier molecular flexibility index (Phi) is 3.71. The number of hydrogen-bond donors (Lipinski definition) is 1. The standard InChI is InChI=1S/C15H21F2N/c1-10(2)12-7-6-11(3)13(9-12)15(16,17)14-5-4-8-18-14/h6-7,9-10,14,18H,4-5,8H2,1-3H3. The Morgan fingerprint density at radius 2 is 2.06 bits per heavy atom. The summed E-state index contributed by atoms with van der Waals surface area (Å²) in [5, 5.41) is 2.92. The molecule has 1 heterocycles. The van der Waals surface area contributed by atoms with E-state index in [0.717, 1.165) is 12.0 Å². The van der Waals surface area contributed by atoms with E-state index in [1.807, 2.05) is 26.0 Å². The third-order valence-electron chi connectivity index (χ3n) is 3.79. The molecule has 0 aromatic heterocycles. The molecule has 0 radical (unpaired) electrons. The van der Waals surface area contributed by atoms with Crippen molar-refractivity contribution >= 4 is 0 Å². The zero-order chi connectivity index (χ0) is 13.3. The van der Waals surface area contributed by atoms with E-state index >= 15 is 0 Å². The maximum atomic E-state index is 14.5. The van der Waals surface area contributed by atoms with Crippen LogP contribution in [0.5, 0.6) is 0 Å². The van der Waals surface area contributed by atoms with Crippen molar-refractivity contribution < 1.29 is 8.78 Å². The van der Waals surface area contributed by atoms with Gasteiger partial charge in [0, 0.05) is 5.56 Å². The number of aryl methyl sites for hydroxylation is 1. The number of rotatable bonds is 3. The van der Waals surface area contributed by atoms with E-state index in [1.54, 1.807) is 13.0 Å². The summed E-state index contributed by atoms with van der Waals surface area (Å²) in [6.07, 6.45) is 1.39. The molecule has 1 nitrogen and oxygen atoms in total. The molecule has 2 rings (SSSR count). The van der Waals surface area contributed by atoms with E-state index in [2.05, 4.69) is 5.32 Å². The Balaban J connectivity index is 2.38. The van der Waals surface area contributed by atoms with Gasteiger partial charge in [-0.25, -0.2) is 0 Å². The fraction of sp³-hybridized carbons (Fsp3) is 0.600. The molecule has 1 aromatic carbocycles. The predicted molar refractivity (Wildman–Crippen MR) is 70.2 cm³/mol. The molecule has 1 aromatic rings. The molecule has 1 atom stereocenters. The minimum atomic E-state index is -2.77. The SMILES string of the molecule is Cc1ccc(C(C)C)cc1C(F)(F)C1CCCN1. The molecule has 3 heteroatoms. The van der Waals surface area contributed by atoms with Gasteiger partial charge in [0.1, 0.15) is 0 Å². The summed E-state index contributed by atoms with van der Waals surface area (Å²) in [6.45, 7) is 6.52. The van der Waals surface area contributed by atoms with Gasteiger partial charge < -0.3 is 5.32 Å². The van der Waals surface area contributed by atoms with Crippen molar-refractivity contribution in [1.82, 2.24) is 5.32 Å². The summed E-state index contributed by atoms with van der Waals surface area (Å²) in [5.74, 6) is -2.50. The van der Waals surface area contributed by atoms with Crippen LogP contribution in [0.4, 0.5) is 8.78 Å². The monoisotopic (exact) mass is 253 g/mol. The van der Waals surface area contributed by atoms with Crippen LogP contribution in [0.2, 0.25) is 0 Å². The molecule has 1 aliphatic heterocycles. The van der Waals surface area contributed by atoms with Crippen LogP contribution in [0.25, 0.3) is 0 Å². The van der Waals surface area contributed by atoms with Crippen LogP contribution in [0.3, 0.4) is 0 Å². The van der Waals surface area contributed by atoms with Crippen molar-refractivity contribution in [2.24, 2.45) is 0 Å². The third-order valence-corrected chi connectivity index (χ3v) is 3.79. The van der Waals surface area contributed by atoms with Gasteiger partial charge in [-0.1, -0.05) is 26.0 Å². The van der Waals surface area contributed by atoms with Gasteiger partial charge in [0.15, 0.2) is 0 Å². The molecule has 1 unspecified atom stereocenters. The molecule has 1 fully saturated rings. The van der Waals surface area contributed by atoms with Crippen molar-refractivity contribution in [2.75, 3.05) is 6.54 Å². The molecule has 1 saturated heterocycles. The van der Waals surface area contributed by atoms with Crippen molar-refractivity contribution in [2.45, 2.75) is 51.5 Å². The van der Waals surface area contributed by atoms with E-state index in [-0.39, 0.29) is 11.5 Å². The smallest absolute Gasteiger partial charge is 0.288 e. The third kappa shape index (κ3) is 2.41. The van der Waals surface area contributed by atoms with Crippen LogP contribution >= 0.6 is 0 Å². The number of alkyl halides is 2. The molecule has 0 spiro atoms. The summed E-state index contributed by atoms with van der Waals surface area (Å²) >= 11 is 0. The first-order valence-corrected chi connectivity index (χ1v) is 6.65. The second kappa shape index (κ2) is 4.96. The zero-order valence-electron chi connectivity index (χ0n) is 11.3.